The van der Waals surface area contributed by atoms with E-state index in [1.807, 2.05) is 6.07 Å². The van der Waals surface area contributed by atoms with E-state index in [4.69, 9.17) is 9.84 Å². The van der Waals surface area contributed by atoms with E-state index in [0.717, 1.165) is 18.7 Å². The standard InChI is InChI=1S/C13H21NO2/c1-11-4-5-13(10-12(11)2)16-9-3-6-14-7-8-15/h4-5,10,14-15H,3,6-9H2,1-2H3. The highest BCUT2D eigenvalue weighted by Gasteiger charge is 1.96. The van der Waals surface area contributed by atoms with Crippen LogP contribution in [0, 0.1) is 13.8 Å². The molecule has 0 spiro atoms. The normalized spacial score (nSPS) is 10.4. The molecule has 1 rings (SSSR count). The summed E-state index contributed by atoms with van der Waals surface area (Å²) in [5.74, 6) is 0.935. The maximum absolute atomic E-state index is 8.56. The van der Waals surface area contributed by atoms with E-state index in [-0.39, 0.29) is 6.61 Å². The first-order valence-electron chi connectivity index (χ1n) is 5.75. The molecule has 0 aromatic heterocycles. The predicted molar refractivity (Wildman–Crippen MR) is 66.0 cm³/mol. The minimum absolute atomic E-state index is 0.192. The van der Waals surface area contributed by atoms with Gasteiger partial charge in [0, 0.05) is 6.54 Å². The summed E-state index contributed by atoms with van der Waals surface area (Å²) in [6, 6.07) is 6.15. The third kappa shape index (κ3) is 4.64. The SMILES string of the molecule is Cc1ccc(OCCCNCCO)cc1C. The second kappa shape index (κ2) is 7.25. The number of hydrogen-bond donors (Lipinski definition) is 2. The zero-order chi connectivity index (χ0) is 11.8. The van der Waals surface area contributed by atoms with Crippen LogP contribution < -0.4 is 10.1 Å². The molecule has 2 N–H and O–H groups in total. The van der Waals surface area contributed by atoms with Crippen LogP contribution in [-0.4, -0.2) is 31.4 Å². The third-order valence-electron chi connectivity index (χ3n) is 2.53. The Morgan fingerprint density at radius 3 is 2.69 bits per heavy atom. The molecule has 0 radical (unpaired) electrons. The van der Waals surface area contributed by atoms with Crippen LogP contribution >= 0.6 is 0 Å². The molecule has 0 heterocycles. The van der Waals surface area contributed by atoms with Gasteiger partial charge < -0.3 is 15.2 Å². The lowest BCUT2D eigenvalue weighted by Gasteiger charge is -2.08. The Balaban J connectivity index is 2.19. The Labute approximate surface area is 97.4 Å². The quantitative estimate of drug-likeness (QED) is 0.691. The number of aliphatic hydroxyl groups excluding tert-OH is 1. The Bertz CT molecular complexity index is 313. The van der Waals surface area contributed by atoms with Crippen LogP contribution in [0.5, 0.6) is 5.75 Å². The monoisotopic (exact) mass is 223 g/mol. The Hall–Kier alpha value is -1.06. The van der Waals surface area contributed by atoms with Crippen LogP contribution in [0.4, 0.5) is 0 Å². The van der Waals surface area contributed by atoms with Gasteiger partial charge in [0.25, 0.3) is 0 Å². The lowest BCUT2D eigenvalue weighted by molar-refractivity contribution is 0.282. The number of benzene rings is 1. The minimum Gasteiger partial charge on any atom is -0.494 e. The van der Waals surface area contributed by atoms with Crippen LogP contribution in [0.15, 0.2) is 18.2 Å². The van der Waals surface area contributed by atoms with Crippen molar-refractivity contribution in [2.75, 3.05) is 26.3 Å². The topological polar surface area (TPSA) is 41.5 Å². The molecule has 0 bridgehead atoms. The van der Waals surface area contributed by atoms with Crippen molar-refractivity contribution in [1.82, 2.24) is 5.32 Å². The van der Waals surface area contributed by atoms with Crippen molar-refractivity contribution in [1.29, 1.82) is 0 Å². The van der Waals surface area contributed by atoms with Crippen LogP contribution in [0.25, 0.3) is 0 Å². The molecule has 3 nitrogen and oxygen atoms in total. The van der Waals surface area contributed by atoms with Crippen LogP contribution in [0.3, 0.4) is 0 Å². The largest absolute Gasteiger partial charge is 0.494 e. The molecule has 0 amide bonds. The number of nitrogens with one attached hydrogen (secondary N) is 1. The highest BCUT2D eigenvalue weighted by molar-refractivity contribution is 5.33. The second-order valence-electron chi connectivity index (χ2n) is 3.92. The van der Waals surface area contributed by atoms with Crippen molar-refractivity contribution in [2.45, 2.75) is 20.3 Å². The van der Waals surface area contributed by atoms with Crippen molar-refractivity contribution >= 4 is 0 Å². The van der Waals surface area contributed by atoms with Gasteiger partial charge in [0.2, 0.25) is 0 Å². The van der Waals surface area contributed by atoms with Gasteiger partial charge in [-0.2, -0.15) is 0 Å². The van der Waals surface area contributed by atoms with Crippen molar-refractivity contribution in [3.05, 3.63) is 29.3 Å². The van der Waals surface area contributed by atoms with Gasteiger partial charge >= 0.3 is 0 Å². The highest BCUT2D eigenvalue weighted by atomic mass is 16.5. The molecular weight excluding hydrogens is 202 g/mol. The van der Waals surface area contributed by atoms with E-state index in [9.17, 15) is 0 Å². The summed E-state index contributed by atoms with van der Waals surface area (Å²) in [4.78, 5) is 0. The second-order valence-corrected chi connectivity index (χ2v) is 3.92. The van der Waals surface area contributed by atoms with Crippen molar-refractivity contribution < 1.29 is 9.84 Å². The van der Waals surface area contributed by atoms with Crippen LogP contribution in [-0.2, 0) is 0 Å². The molecule has 0 unspecified atom stereocenters. The molecule has 0 aliphatic heterocycles. The summed E-state index contributed by atoms with van der Waals surface area (Å²) in [5, 5.41) is 11.7. The van der Waals surface area contributed by atoms with E-state index in [2.05, 4.69) is 31.3 Å². The van der Waals surface area contributed by atoms with Crippen molar-refractivity contribution in [3.8, 4) is 5.75 Å². The molecule has 90 valence electrons. The van der Waals surface area contributed by atoms with Gasteiger partial charge in [0.1, 0.15) is 5.75 Å². The maximum atomic E-state index is 8.56. The van der Waals surface area contributed by atoms with Gasteiger partial charge in [0.05, 0.1) is 13.2 Å². The van der Waals surface area contributed by atoms with E-state index >= 15 is 0 Å². The first-order chi connectivity index (χ1) is 7.74. The first kappa shape index (κ1) is 13.0. The molecule has 1 aromatic carbocycles. The molecule has 0 atom stereocenters. The summed E-state index contributed by atoms with van der Waals surface area (Å²) >= 11 is 0. The Morgan fingerprint density at radius 2 is 2.00 bits per heavy atom. The number of ether oxygens (including phenoxy) is 1. The van der Waals surface area contributed by atoms with E-state index in [1.54, 1.807) is 0 Å². The number of rotatable bonds is 7. The van der Waals surface area contributed by atoms with Gasteiger partial charge in [-0.05, 0) is 50.1 Å². The van der Waals surface area contributed by atoms with E-state index in [1.165, 1.54) is 11.1 Å². The zero-order valence-corrected chi connectivity index (χ0v) is 10.1. The summed E-state index contributed by atoms with van der Waals surface area (Å²) in [6.45, 7) is 6.62. The molecule has 0 fully saturated rings. The van der Waals surface area contributed by atoms with E-state index in [0.29, 0.717) is 13.2 Å². The fourth-order valence-corrected chi connectivity index (χ4v) is 1.39. The molecule has 16 heavy (non-hydrogen) atoms. The smallest absolute Gasteiger partial charge is 0.119 e. The minimum atomic E-state index is 0.192. The highest BCUT2D eigenvalue weighted by Crippen LogP contribution is 2.16. The lowest BCUT2D eigenvalue weighted by atomic mass is 10.1. The lowest BCUT2D eigenvalue weighted by Crippen LogP contribution is -2.20. The fourth-order valence-electron chi connectivity index (χ4n) is 1.39. The Kier molecular flexibility index (Phi) is 5.90. The van der Waals surface area contributed by atoms with Crippen LogP contribution in [0.1, 0.15) is 17.5 Å². The molecule has 0 saturated heterocycles. The van der Waals surface area contributed by atoms with Gasteiger partial charge in [-0.1, -0.05) is 6.07 Å². The average molecular weight is 223 g/mol. The van der Waals surface area contributed by atoms with Crippen molar-refractivity contribution in [3.63, 3.8) is 0 Å². The first-order valence-corrected chi connectivity index (χ1v) is 5.75. The van der Waals surface area contributed by atoms with Crippen molar-refractivity contribution in [2.24, 2.45) is 0 Å². The number of hydrogen-bond acceptors (Lipinski definition) is 3. The summed E-state index contributed by atoms with van der Waals surface area (Å²) < 4.78 is 5.62. The van der Waals surface area contributed by atoms with Gasteiger partial charge in [-0.15, -0.1) is 0 Å². The fraction of sp³-hybridized carbons (Fsp3) is 0.538. The predicted octanol–water partition coefficient (Wildman–Crippen LogP) is 1.65. The van der Waals surface area contributed by atoms with E-state index < -0.39 is 0 Å². The van der Waals surface area contributed by atoms with Crippen LogP contribution in [0.2, 0.25) is 0 Å². The third-order valence-corrected chi connectivity index (χ3v) is 2.53. The molecule has 0 aliphatic rings. The summed E-state index contributed by atoms with van der Waals surface area (Å²) in [5.41, 5.74) is 2.55. The number of aliphatic hydroxyl groups is 1. The maximum Gasteiger partial charge on any atom is 0.119 e. The van der Waals surface area contributed by atoms with Gasteiger partial charge in [-0.25, -0.2) is 0 Å². The zero-order valence-electron chi connectivity index (χ0n) is 10.1. The Morgan fingerprint density at radius 1 is 1.19 bits per heavy atom. The molecule has 0 saturated carbocycles. The molecule has 1 aromatic rings. The average Bonchev–Trinajstić information content (AvgIpc) is 2.28. The summed E-state index contributed by atoms with van der Waals surface area (Å²) in [7, 11) is 0. The molecular formula is C13H21NO2. The van der Waals surface area contributed by atoms with Gasteiger partial charge in [-0.3, -0.25) is 0 Å². The summed E-state index contributed by atoms with van der Waals surface area (Å²) in [6.07, 6.45) is 0.951. The van der Waals surface area contributed by atoms with Gasteiger partial charge in [0.15, 0.2) is 0 Å². The molecule has 3 heteroatoms. The molecule has 0 aliphatic carbocycles. The number of aryl methyl sites for hydroxylation is 2.